The summed E-state index contributed by atoms with van der Waals surface area (Å²) in [5, 5.41) is 1.09. The lowest BCUT2D eigenvalue weighted by atomic mass is 10.4. The van der Waals surface area contributed by atoms with Gasteiger partial charge in [0.05, 0.1) is 0 Å². The molecular weight excluding hydrogens is 197 g/mol. The van der Waals surface area contributed by atoms with E-state index in [1.54, 1.807) is 18.6 Å². The first kappa shape index (κ1) is 9.63. The van der Waals surface area contributed by atoms with Gasteiger partial charge < -0.3 is 4.52 Å². The van der Waals surface area contributed by atoms with Crippen molar-refractivity contribution in [3.63, 3.8) is 0 Å². The van der Waals surface area contributed by atoms with Gasteiger partial charge in [0.2, 0.25) is 0 Å². The average molecular weight is 209 g/mol. The quantitative estimate of drug-likeness (QED) is 0.656. The van der Waals surface area contributed by atoms with E-state index in [0.29, 0.717) is 0 Å². The van der Waals surface area contributed by atoms with E-state index in [1.165, 1.54) is 0 Å². The molecule has 1 aromatic carbocycles. The van der Waals surface area contributed by atoms with Crippen LogP contribution in [0, 0.1) is 0 Å². The van der Waals surface area contributed by atoms with Crippen LogP contribution in [-0.4, -0.2) is 23.7 Å². The second kappa shape index (κ2) is 3.68. The molecule has 74 valence electrons. The number of carbonyl (C=O) groups excluding carboxylic acids is 1. The number of carbonyl (C=O) groups is 1. The van der Waals surface area contributed by atoms with Gasteiger partial charge >= 0.3 is 0 Å². The molecule has 0 bridgehead atoms. The predicted octanol–water partition coefficient (Wildman–Crippen LogP) is 1.50. The van der Waals surface area contributed by atoms with Crippen LogP contribution in [0.4, 0.5) is 0 Å². The maximum Gasteiger partial charge on any atom is 0.256 e. The number of rotatable bonds is 1. The van der Waals surface area contributed by atoms with Gasteiger partial charge in [0.15, 0.2) is 8.30 Å². The third-order valence-corrected chi connectivity index (χ3v) is 4.17. The summed E-state index contributed by atoms with van der Waals surface area (Å²) < 4.78 is 7.32. The normalized spacial score (nSPS) is 27.0. The van der Waals surface area contributed by atoms with Crippen LogP contribution in [0.3, 0.4) is 0 Å². The molecule has 1 aromatic rings. The molecule has 2 rings (SSSR count). The van der Waals surface area contributed by atoms with E-state index in [2.05, 4.69) is 0 Å². The second-order valence-electron chi connectivity index (χ2n) is 3.22. The van der Waals surface area contributed by atoms with Crippen molar-refractivity contribution in [3.05, 3.63) is 30.3 Å². The first-order chi connectivity index (χ1) is 6.70. The van der Waals surface area contributed by atoms with Gasteiger partial charge in [0, 0.05) is 12.4 Å². The fraction of sp³-hybridized carbons (Fsp3) is 0.300. The number of amides is 1. The molecule has 1 fully saturated rings. The molecule has 1 amide bonds. The highest BCUT2D eigenvalue weighted by Crippen LogP contribution is 2.46. The van der Waals surface area contributed by atoms with Gasteiger partial charge in [0.25, 0.3) is 5.91 Å². The summed E-state index contributed by atoms with van der Waals surface area (Å²) in [6.07, 6.45) is -0.300. The smallest absolute Gasteiger partial charge is 0.256 e. The summed E-state index contributed by atoms with van der Waals surface area (Å²) in [6, 6.07) is 9.87. The van der Waals surface area contributed by atoms with Crippen molar-refractivity contribution in [1.29, 1.82) is 0 Å². The van der Waals surface area contributed by atoms with E-state index >= 15 is 0 Å². The topological polar surface area (TPSA) is 29.5 Å². The molecule has 0 aliphatic carbocycles. The highest BCUT2D eigenvalue weighted by Gasteiger charge is 2.36. The first-order valence-electron chi connectivity index (χ1n) is 4.49. The molecule has 14 heavy (non-hydrogen) atoms. The van der Waals surface area contributed by atoms with Crippen molar-refractivity contribution in [3.8, 4) is 0 Å². The molecule has 0 aromatic heterocycles. The maximum absolute atomic E-state index is 11.5. The van der Waals surface area contributed by atoms with E-state index in [4.69, 9.17) is 4.52 Å². The van der Waals surface area contributed by atoms with Gasteiger partial charge in [0.1, 0.15) is 6.10 Å². The Hall–Kier alpha value is -0.920. The largest absolute Gasteiger partial charge is 0.322 e. The predicted molar refractivity (Wildman–Crippen MR) is 56.3 cm³/mol. The van der Waals surface area contributed by atoms with E-state index < -0.39 is 8.30 Å². The van der Waals surface area contributed by atoms with Crippen molar-refractivity contribution in [2.45, 2.75) is 13.0 Å². The summed E-state index contributed by atoms with van der Waals surface area (Å²) in [6.45, 7) is 1.80. The molecule has 4 heteroatoms. The zero-order valence-corrected chi connectivity index (χ0v) is 9.07. The number of likely N-dealkylation sites (N-methyl/N-ethyl adjacent to an activating group) is 1. The average Bonchev–Trinajstić information content (AvgIpc) is 2.47. The van der Waals surface area contributed by atoms with Gasteiger partial charge in [-0.25, -0.2) is 0 Å². The van der Waals surface area contributed by atoms with Crippen molar-refractivity contribution in [2.24, 2.45) is 0 Å². The highest BCUT2D eigenvalue weighted by molar-refractivity contribution is 7.59. The molecular formula is C10H12NO2P. The Bertz CT molecular complexity index is 341. The minimum Gasteiger partial charge on any atom is -0.322 e. The van der Waals surface area contributed by atoms with E-state index in [-0.39, 0.29) is 12.0 Å². The summed E-state index contributed by atoms with van der Waals surface area (Å²) in [5.41, 5.74) is 0. The van der Waals surface area contributed by atoms with Crippen LogP contribution in [0.1, 0.15) is 6.92 Å². The molecule has 0 spiro atoms. The fourth-order valence-electron chi connectivity index (χ4n) is 1.41. The van der Waals surface area contributed by atoms with E-state index in [0.717, 1.165) is 5.30 Å². The van der Waals surface area contributed by atoms with Crippen LogP contribution in [0.15, 0.2) is 30.3 Å². The Morgan fingerprint density at radius 2 is 2.00 bits per heavy atom. The molecule has 1 saturated heterocycles. The van der Waals surface area contributed by atoms with Crippen molar-refractivity contribution < 1.29 is 9.32 Å². The summed E-state index contributed by atoms with van der Waals surface area (Å²) in [4.78, 5) is 11.5. The van der Waals surface area contributed by atoms with Crippen molar-refractivity contribution in [1.82, 2.24) is 4.67 Å². The van der Waals surface area contributed by atoms with Gasteiger partial charge in [-0.15, -0.1) is 0 Å². The van der Waals surface area contributed by atoms with Crippen LogP contribution < -0.4 is 5.30 Å². The standard InChI is InChI=1S/C10H12NO2P/c1-8-10(12)11(2)14(13-8)9-6-4-3-5-7-9/h3-8H,1-2H3/t8-,14?/m0/s1. The molecule has 0 saturated carbocycles. The molecule has 3 nitrogen and oxygen atoms in total. The van der Waals surface area contributed by atoms with Crippen LogP contribution in [0.2, 0.25) is 0 Å². The molecule has 0 N–H and O–H groups in total. The molecule has 2 atom stereocenters. The minimum absolute atomic E-state index is 0.0694. The summed E-state index contributed by atoms with van der Waals surface area (Å²) >= 11 is 0. The van der Waals surface area contributed by atoms with Crippen LogP contribution in [0.25, 0.3) is 0 Å². The lowest BCUT2D eigenvalue weighted by molar-refractivity contribution is -0.128. The lowest BCUT2D eigenvalue weighted by Gasteiger charge is -2.16. The fourth-order valence-corrected chi connectivity index (χ4v) is 3.18. The lowest BCUT2D eigenvalue weighted by Crippen LogP contribution is -2.23. The van der Waals surface area contributed by atoms with Crippen LogP contribution in [0.5, 0.6) is 0 Å². The number of benzene rings is 1. The van der Waals surface area contributed by atoms with Gasteiger partial charge in [-0.2, -0.15) is 0 Å². The van der Waals surface area contributed by atoms with Gasteiger partial charge in [-0.3, -0.25) is 9.46 Å². The third-order valence-electron chi connectivity index (χ3n) is 2.17. The third kappa shape index (κ3) is 1.54. The Morgan fingerprint density at radius 3 is 2.50 bits per heavy atom. The number of nitrogens with zero attached hydrogens (tertiary/aromatic N) is 1. The summed E-state index contributed by atoms with van der Waals surface area (Å²) in [5.74, 6) is 0.0694. The van der Waals surface area contributed by atoms with Crippen molar-refractivity contribution in [2.75, 3.05) is 7.05 Å². The second-order valence-corrected chi connectivity index (χ2v) is 5.09. The molecule has 0 radical (unpaired) electrons. The molecule has 1 heterocycles. The minimum atomic E-state index is -0.896. The number of hydrogen-bond acceptors (Lipinski definition) is 2. The SMILES string of the molecule is C[C@@H]1OP(c2ccccc2)N(C)C1=O. The zero-order valence-electron chi connectivity index (χ0n) is 8.18. The van der Waals surface area contributed by atoms with Gasteiger partial charge in [-0.1, -0.05) is 30.3 Å². The molecule has 1 aliphatic heterocycles. The Kier molecular flexibility index (Phi) is 2.53. The van der Waals surface area contributed by atoms with Gasteiger partial charge in [-0.05, 0) is 6.92 Å². The van der Waals surface area contributed by atoms with E-state index in [1.807, 2.05) is 30.3 Å². The molecule has 1 unspecified atom stereocenters. The number of hydrogen-bond donors (Lipinski definition) is 0. The van der Waals surface area contributed by atoms with Crippen LogP contribution >= 0.6 is 8.30 Å². The zero-order chi connectivity index (χ0) is 10.1. The molecule has 1 aliphatic rings. The maximum atomic E-state index is 11.5. The highest BCUT2D eigenvalue weighted by atomic mass is 31.2. The van der Waals surface area contributed by atoms with Crippen LogP contribution in [-0.2, 0) is 9.32 Å². The van der Waals surface area contributed by atoms with Crippen molar-refractivity contribution >= 4 is 19.5 Å². The van der Waals surface area contributed by atoms with E-state index in [9.17, 15) is 4.79 Å². The Morgan fingerprint density at radius 1 is 1.36 bits per heavy atom. The first-order valence-corrected chi connectivity index (χ1v) is 5.71. The summed E-state index contributed by atoms with van der Waals surface area (Å²) in [7, 11) is 0.900. The Labute approximate surface area is 84.6 Å². The Balaban J connectivity index is 2.26. The monoisotopic (exact) mass is 209 g/mol.